The average Bonchev–Trinajstić information content (AvgIpc) is 3.14. The first-order chi connectivity index (χ1) is 12.7. The van der Waals surface area contributed by atoms with Crippen LogP contribution in [0.2, 0.25) is 0 Å². The fourth-order valence-corrected chi connectivity index (χ4v) is 2.42. The third-order valence-corrected chi connectivity index (χ3v) is 3.74. The molecular weight excluding hydrogens is 330 g/mol. The van der Waals surface area contributed by atoms with E-state index >= 15 is 0 Å². The van der Waals surface area contributed by atoms with E-state index < -0.39 is 0 Å². The van der Waals surface area contributed by atoms with Gasteiger partial charge < -0.3 is 19.9 Å². The van der Waals surface area contributed by atoms with Gasteiger partial charge in [0.05, 0.1) is 18.0 Å². The van der Waals surface area contributed by atoms with Crippen molar-refractivity contribution in [3.05, 3.63) is 60.3 Å². The van der Waals surface area contributed by atoms with Crippen LogP contribution in [0.3, 0.4) is 0 Å². The molecule has 6 nitrogen and oxygen atoms in total. The van der Waals surface area contributed by atoms with Crippen LogP contribution in [0.4, 0.5) is 5.69 Å². The van der Waals surface area contributed by atoms with Crippen molar-refractivity contribution in [3.8, 4) is 22.8 Å². The maximum atomic E-state index is 5.73. The lowest BCUT2D eigenvalue weighted by molar-refractivity contribution is 0.110. The summed E-state index contributed by atoms with van der Waals surface area (Å²) in [6, 6.07) is 17.1. The summed E-state index contributed by atoms with van der Waals surface area (Å²) >= 11 is 0. The number of hydrogen-bond acceptors (Lipinski definition) is 5. The number of aromatic nitrogens is 2. The first-order valence-corrected chi connectivity index (χ1v) is 8.58. The second kappa shape index (κ2) is 8.92. The van der Waals surface area contributed by atoms with Gasteiger partial charge >= 0.3 is 0 Å². The number of anilines is 1. The van der Waals surface area contributed by atoms with Crippen molar-refractivity contribution in [2.24, 2.45) is 0 Å². The highest BCUT2D eigenvalue weighted by atomic mass is 16.5. The van der Waals surface area contributed by atoms with Crippen molar-refractivity contribution in [2.75, 3.05) is 25.6 Å². The lowest BCUT2D eigenvalue weighted by Crippen LogP contribution is -2.06. The van der Waals surface area contributed by atoms with Gasteiger partial charge in [0.1, 0.15) is 24.7 Å². The molecule has 136 valence electrons. The topological polar surface area (TPSA) is 82.4 Å². The maximum Gasteiger partial charge on any atom is 0.130 e. The molecule has 0 aliphatic rings. The van der Waals surface area contributed by atoms with Crippen molar-refractivity contribution < 1.29 is 14.2 Å². The molecule has 0 aliphatic carbocycles. The average molecular weight is 353 g/mol. The van der Waals surface area contributed by atoms with Gasteiger partial charge in [0.25, 0.3) is 0 Å². The Morgan fingerprint density at radius 2 is 1.81 bits per heavy atom. The lowest BCUT2D eigenvalue weighted by atomic mass is 10.1. The number of hydrogen-bond donors (Lipinski definition) is 2. The molecule has 1 heterocycles. The van der Waals surface area contributed by atoms with Crippen molar-refractivity contribution in [1.82, 2.24) is 10.2 Å². The molecule has 0 bridgehead atoms. The molecule has 0 radical (unpaired) electrons. The number of nitrogens with two attached hydrogens (primary N) is 1. The molecule has 0 atom stereocenters. The van der Waals surface area contributed by atoms with E-state index in [0.29, 0.717) is 32.1 Å². The number of nitrogens with one attached hydrogen (secondary N) is 1. The fourth-order valence-electron chi connectivity index (χ4n) is 2.42. The number of rotatable bonds is 9. The second-order valence-corrected chi connectivity index (χ2v) is 5.71. The van der Waals surface area contributed by atoms with Crippen LogP contribution in [-0.2, 0) is 11.3 Å². The van der Waals surface area contributed by atoms with Crippen LogP contribution in [-0.4, -0.2) is 30.0 Å². The van der Waals surface area contributed by atoms with E-state index in [1.807, 2.05) is 61.5 Å². The molecule has 1 aromatic heterocycles. The standard InChI is InChI=1S/C20H23N3O3/c1-2-24-10-11-25-19-5-3-4-15(12-19)20-13-17(22-23-20)14-26-18-8-6-16(21)7-9-18/h3-9,12-13H,2,10-11,14,21H2,1H3,(H,22,23). The Balaban J connectivity index is 1.59. The van der Waals surface area contributed by atoms with Gasteiger partial charge in [-0.05, 0) is 49.4 Å². The van der Waals surface area contributed by atoms with Crippen molar-refractivity contribution in [1.29, 1.82) is 0 Å². The van der Waals surface area contributed by atoms with Crippen LogP contribution >= 0.6 is 0 Å². The Labute approximate surface area is 152 Å². The molecule has 26 heavy (non-hydrogen) atoms. The first-order valence-electron chi connectivity index (χ1n) is 8.58. The Kier molecular flexibility index (Phi) is 6.11. The molecule has 0 saturated heterocycles. The largest absolute Gasteiger partial charge is 0.491 e. The van der Waals surface area contributed by atoms with Crippen molar-refractivity contribution >= 4 is 5.69 Å². The molecule has 0 saturated carbocycles. The van der Waals surface area contributed by atoms with Gasteiger partial charge in [-0.1, -0.05) is 12.1 Å². The SMILES string of the molecule is CCOCCOc1cccc(-c2cc(COc3ccc(N)cc3)[nH]n2)c1. The van der Waals surface area contributed by atoms with E-state index in [1.165, 1.54) is 0 Å². The van der Waals surface area contributed by atoms with Crippen LogP contribution in [0, 0.1) is 0 Å². The van der Waals surface area contributed by atoms with Gasteiger partial charge in [0.15, 0.2) is 0 Å². The van der Waals surface area contributed by atoms with Gasteiger partial charge in [-0.3, -0.25) is 5.10 Å². The number of ether oxygens (including phenoxy) is 3. The molecule has 3 rings (SSSR count). The predicted octanol–water partition coefficient (Wildman–Crippen LogP) is 3.65. The van der Waals surface area contributed by atoms with Crippen LogP contribution in [0.25, 0.3) is 11.3 Å². The van der Waals surface area contributed by atoms with Gasteiger partial charge in [0, 0.05) is 17.9 Å². The number of nitrogen functional groups attached to an aromatic ring is 1. The predicted molar refractivity (Wildman–Crippen MR) is 101 cm³/mol. The molecule has 0 fully saturated rings. The molecular formula is C20H23N3O3. The molecule has 2 aromatic carbocycles. The van der Waals surface area contributed by atoms with Crippen LogP contribution in [0.1, 0.15) is 12.6 Å². The minimum Gasteiger partial charge on any atom is -0.491 e. The zero-order chi connectivity index (χ0) is 18.2. The summed E-state index contributed by atoms with van der Waals surface area (Å²) in [5, 5.41) is 7.36. The van der Waals surface area contributed by atoms with E-state index in [-0.39, 0.29) is 0 Å². The Hall–Kier alpha value is -2.99. The molecule has 0 aliphatic heterocycles. The van der Waals surface area contributed by atoms with Gasteiger partial charge in [-0.25, -0.2) is 0 Å². The van der Waals surface area contributed by atoms with E-state index in [1.54, 1.807) is 0 Å². The number of aromatic amines is 1. The summed E-state index contributed by atoms with van der Waals surface area (Å²) in [7, 11) is 0. The molecule has 0 spiro atoms. The van der Waals surface area contributed by atoms with E-state index in [4.69, 9.17) is 19.9 Å². The highest BCUT2D eigenvalue weighted by molar-refractivity contribution is 5.61. The zero-order valence-corrected chi connectivity index (χ0v) is 14.8. The van der Waals surface area contributed by atoms with Crippen molar-refractivity contribution in [3.63, 3.8) is 0 Å². The summed E-state index contributed by atoms with van der Waals surface area (Å²) in [6.07, 6.45) is 0. The zero-order valence-electron chi connectivity index (χ0n) is 14.8. The summed E-state index contributed by atoms with van der Waals surface area (Å²) in [6.45, 7) is 4.17. The summed E-state index contributed by atoms with van der Waals surface area (Å²) in [5.41, 5.74) is 9.10. The summed E-state index contributed by atoms with van der Waals surface area (Å²) in [4.78, 5) is 0. The summed E-state index contributed by atoms with van der Waals surface area (Å²) < 4.78 is 16.7. The van der Waals surface area contributed by atoms with Crippen LogP contribution < -0.4 is 15.2 Å². The summed E-state index contributed by atoms with van der Waals surface area (Å²) in [5.74, 6) is 1.56. The van der Waals surface area contributed by atoms with Crippen molar-refractivity contribution in [2.45, 2.75) is 13.5 Å². The minimum atomic E-state index is 0.404. The normalized spacial score (nSPS) is 10.7. The quantitative estimate of drug-likeness (QED) is 0.453. The highest BCUT2D eigenvalue weighted by Crippen LogP contribution is 2.23. The Bertz CT molecular complexity index is 815. The van der Waals surface area contributed by atoms with Crippen LogP contribution in [0.5, 0.6) is 11.5 Å². The lowest BCUT2D eigenvalue weighted by Gasteiger charge is -2.07. The molecule has 6 heteroatoms. The van der Waals surface area contributed by atoms with Gasteiger partial charge in [-0.15, -0.1) is 0 Å². The second-order valence-electron chi connectivity index (χ2n) is 5.71. The number of benzene rings is 2. The van der Waals surface area contributed by atoms with Crippen LogP contribution in [0.15, 0.2) is 54.6 Å². The fraction of sp³-hybridized carbons (Fsp3) is 0.250. The molecule has 0 unspecified atom stereocenters. The van der Waals surface area contributed by atoms with Gasteiger partial charge in [-0.2, -0.15) is 5.10 Å². The van der Waals surface area contributed by atoms with E-state index in [0.717, 1.165) is 28.5 Å². The molecule has 0 amide bonds. The third kappa shape index (κ3) is 5.00. The Morgan fingerprint density at radius 1 is 0.962 bits per heavy atom. The Morgan fingerprint density at radius 3 is 2.62 bits per heavy atom. The monoisotopic (exact) mass is 353 g/mol. The smallest absolute Gasteiger partial charge is 0.130 e. The third-order valence-electron chi connectivity index (χ3n) is 3.74. The minimum absolute atomic E-state index is 0.404. The van der Waals surface area contributed by atoms with E-state index in [2.05, 4.69) is 10.2 Å². The van der Waals surface area contributed by atoms with E-state index in [9.17, 15) is 0 Å². The van der Waals surface area contributed by atoms with Gasteiger partial charge in [0.2, 0.25) is 0 Å². The molecule has 3 N–H and O–H groups in total. The number of nitrogens with zero attached hydrogens (tertiary/aromatic N) is 1. The molecule has 3 aromatic rings. The highest BCUT2D eigenvalue weighted by Gasteiger charge is 2.06. The number of H-pyrrole nitrogens is 1. The maximum absolute atomic E-state index is 5.73. The first kappa shape index (κ1) is 17.8.